The van der Waals surface area contributed by atoms with Gasteiger partial charge >= 0.3 is 0 Å². The second-order valence-corrected chi connectivity index (χ2v) is 7.77. The van der Waals surface area contributed by atoms with E-state index in [1.54, 1.807) is 13.2 Å². The van der Waals surface area contributed by atoms with Gasteiger partial charge in [0.2, 0.25) is 0 Å². The molecule has 2 aliphatic rings. The number of methoxy groups -OCH3 is 1. The average molecular weight is 410 g/mol. The van der Waals surface area contributed by atoms with E-state index >= 15 is 0 Å². The number of rotatable bonds is 4. The van der Waals surface area contributed by atoms with Crippen LogP contribution in [0, 0.1) is 6.92 Å². The molecule has 0 bridgehead atoms. The average Bonchev–Trinajstić information content (AvgIpc) is 3.31. The molecule has 0 aliphatic carbocycles. The van der Waals surface area contributed by atoms with Crippen molar-refractivity contribution < 1.29 is 14.3 Å². The minimum absolute atomic E-state index is 0.293. The van der Waals surface area contributed by atoms with E-state index in [-0.39, 0.29) is 11.8 Å². The van der Waals surface area contributed by atoms with E-state index in [1.165, 1.54) is 10.5 Å². The quantitative estimate of drug-likeness (QED) is 0.600. The molecular weight excluding hydrogens is 388 g/mol. The molecule has 0 saturated heterocycles. The standard InChI is InChI=1S/C26H22N2O3/c1-17-6-5-8-20(16-17)28-25(29)23(19-10-12-21(31-2)13-11-19)24(26(28)30)27-15-14-18-7-3-4-9-22(18)27/h3-13,16H,14-15H2,1-2H3. The summed E-state index contributed by atoms with van der Waals surface area (Å²) in [6, 6.07) is 22.8. The van der Waals surface area contributed by atoms with Gasteiger partial charge in [-0.05, 0) is 60.4 Å². The van der Waals surface area contributed by atoms with E-state index in [0.717, 1.165) is 17.7 Å². The van der Waals surface area contributed by atoms with Gasteiger partial charge in [-0.15, -0.1) is 0 Å². The fraction of sp³-hybridized carbons (Fsp3) is 0.154. The van der Waals surface area contributed by atoms with Gasteiger partial charge in [0, 0.05) is 12.2 Å². The number of hydrogen-bond acceptors (Lipinski definition) is 4. The SMILES string of the molecule is COc1ccc(C2=C(N3CCc4ccccc43)C(=O)N(c3cccc(C)c3)C2=O)cc1. The topological polar surface area (TPSA) is 49.9 Å². The summed E-state index contributed by atoms with van der Waals surface area (Å²) < 4.78 is 5.27. The molecule has 3 aromatic carbocycles. The van der Waals surface area contributed by atoms with Crippen molar-refractivity contribution in [3.63, 3.8) is 0 Å². The van der Waals surface area contributed by atoms with Crippen LogP contribution in [-0.4, -0.2) is 25.5 Å². The number of imide groups is 1. The van der Waals surface area contributed by atoms with Crippen molar-refractivity contribution in [3.05, 3.63) is 95.2 Å². The number of amides is 2. The Balaban J connectivity index is 1.68. The molecule has 5 heteroatoms. The van der Waals surface area contributed by atoms with Crippen LogP contribution < -0.4 is 14.5 Å². The molecule has 31 heavy (non-hydrogen) atoms. The summed E-state index contributed by atoms with van der Waals surface area (Å²) >= 11 is 0. The second-order valence-electron chi connectivity index (χ2n) is 7.77. The molecule has 3 aromatic rings. The Morgan fingerprint density at radius 1 is 0.871 bits per heavy atom. The minimum Gasteiger partial charge on any atom is -0.497 e. The molecule has 0 unspecified atom stereocenters. The summed E-state index contributed by atoms with van der Waals surface area (Å²) in [5, 5.41) is 0. The van der Waals surface area contributed by atoms with Crippen molar-refractivity contribution in [2.24, 2.45) is 0 Å². The smallest absolute Gasteiger partial charge is 0.282 e. The Bertz CT molecular complexity index is 1230. The maximum Gasteiger partial charge on any atom is 0.282 e. The normalized spacial score (nSPS) is 15.7. The van der Waals surface area contributed by atoms with E-state index in [0.29, 0.717) is 34.8 Å². The maximum absolute atomic E-state index is 13.7. The molecule has 5 nitrogen and oxygen atoms in total. The van der Waals surface area contributed by atoms with Crippen LogP contribution in [0.4, 0.5) is 11.4 Å². The summed E-state index contributed by atoms with van der Waals surface area (Å²) in [5.74, 6) is 0.1000. The first-order valence-corrected chi connectivity index (χ1v) is 10.3. The van der Waals surface area contributed by atoms with Crippen LogP contribution in [-0.2, 0) is 16.0 Å². The summed E-state index contributed by atoms with van der Waals surface area (Å²) in [7, 11) is 1.60. The predicted molar refractivity (Wildman–Crippen MR) is 121 cm³/mol. The second kappa shape index (κ2) is 7.43. The van der Waals surface area contributed by atoms with Crippen LogP contribution in [0.15, 0.2) is 78.5 Å². The zero-order valence-corrected chi connectivity index (χ0v) is 17.5. The molecule has 0 N–H and O–H groups in total. The lowest BCUT2D eigenvalue weighted by Gasteiger charge is -2.22. The number of carbonyl (C=O) groups is 2. The zero-order chi connectivity index (χ0) is 21.5. The van der Waals surface area contributed by atoms with Gasteiger partial charge in [-0.3, -0.25) is 9.59 Å². The first kappa shape index (κ1) is 19.1. The highest BCUT2D eigenvalue weighted by Crippen LogP contribution is 2.40. The Labute approximate surface area is 181 Å². The molecular formula is C26H22N2O3. The summed E-state index contributed by atoms with van der Waals surface area (Å²) in [4.78, 5) is 30.6. The number of fused-ring (bicyclic) bond motifs is 1. The first-order chi connectivity index (χ1) is 15.1. The van der Waals surface area contributed by atoms with Crippen molar-refractivity contribution >= 4 is 28.8 Å². The van der Waals surface area contributed by atoms with Gasteiger partial charge in [0.25, 0.3) is 11.8 Å². The molecule has 0 spiro atoms. The lowest BCUT2D eigenvalue weighted by atomic mass is 10.0. The fourth-order valence-electron chi connectivity index (χ4n) is 4.36. The highest BCUT2D eigenvalue weighted by atomic mass is 16.5. The van der Waals surface area contributed by atoms with E-state index in [2.05, 4.69) is 6.07 Å². The third-order valence-corrected chi connectivity index (χ3v) is 5.86. The third kappa shape index (κ3) is 3.10. The molecule has 0 radical (unpaired) electrons. The molecule has 0 atom stereocenters. The van der Waals surface area contributed by atoms with E-state index in [1.807, 2.05) is 72.5 Å². The largest absolute Gasteiger partial charge is 0.497 e. The van der Waals surface area contributed by atoms with Crippen LogP contribution in [0.1, 0.15) is 16.7 Å². The van der Waals surface area contributed by atoms with Gasteiger partial charge in [-0.25, -0.2) is 4.90 Å². The Morgan fingerprint density at radius 3 is 2.39 bits per heavy atom. The van der Waals surface area contributed by atoms with Gasteiger partial charge in [-0.2, -0.15) is 0 Å². The van der Waals surface area contributed by atoms with Gasteiger partial charge < -0.3 is 9.64 Å². The van der Waals surface area contributed by atoms with Crippen molar-refractivity contribution in [3.8, 4) is 5.75 Å². The maximum atomic E-state index is 13.7. The molecule has 0 aromatic heterocycles. The molecule has 2 heterocycles. The van der Waals surface area contributed by atoms with Crippen LogP contribution >= 0.6 is 0 Å². The van der Waals surface area contributed by atoms with Crippen molar-refractivity contribution in [2.75, 3.05) is 23.5 Å². The van der Waals surface area contributed by atoms with Crippen molar-refractivity contribution in [1.82, 2.24) is 0 Å². The lowest BCUT2D eigenvalue weighted by Crippen LogP contribution is -2.34. The molecule has 2 amide bonds. The van der Waals surface area contributed by atoms with E-state index in [4.69, 9.17) is 4.74 Å². The molecule has 0 fully saturated rings. The number of benzene rings is 3. The van der Waals surface area contributed by atoms with E-state index in [9.17, 15) is 9.59 Å². The first-order valence-electron chi connectivity index (χ1n) is 10.3. The van der Waals surface area contributed by atoms with Crippen LogP contribution in [0.25, 0.3) is 5.57 Å². The van der Waals surface area contributed by atoms with Gasteiger partial charge in [0.1, 0.15) is 11.4 Å². The highest BCUT2D eigenvalue weighted by molar-refractivity contribution is 6.46. The molecule has 154 valence electrons. The highest BCUT2D eigenvalue weighted by Gasteiger charge is 2.44. The fourth-order valence-corrected chi connectivity index (χ4v) is 4.36. The monoisotopic (exact) mass is 410 g/mol. The van der Waals surface area contributed by atoms with Crippen molar-refractivity contribution in [1.29, 1.82) is 0 Å². The third-order valence-electron chi connectivity index (χ3n) is 5.86. The number of para-hydroxylation sites is 1. The number of anilines is 2. The Kier molecular flexibility index (Phi) is 4.59. The summed E-state index contributed by atoms with van der Waals surface area (Å²) in [6.45, 7) is 2.61. The van der Waals surface area contributed by atoms with E-state index < -0.39 is 0 Å². The number of nitrogens with zero attached hydrogens (tertiary/aromatic N) is 2. The molecule has 0 saturated carbocycles. The number of ether oxygens (including phenoxy) is 1. The number of aryl methyl sites for hydroxylation is 1. The van der Waals surface area contributed by atoms with Gasteiger partial charge in [-0.1, -0.05) is 42.5 Å². The van der Waals surface area contributed by atoms with Crippen LogP contribution in [0.2, 0.25) is 0 Å². The van der Waals surface area contributed by atoms with Crippen LogP contribution in [0.5, 0.6) is 5.75 Å². The Morgan fingerprint density at radius 2 is 1.65 bits per heavy atom. The predicted octanol–water partition coefficient (Wildman–Crippen LogP) is 4.35. The zero-order valence-electron chi connectivity index (χ0n) is 17.5. The van der Waals surface area contributed by atoms with Gasteiger partial charge in [0.05, 0.1) is 18.4 Å². The molecule has 5 rings (SSSR count). The Hall–Kier alpha value is -3.86. The van der Waals surface area contributed by atoms with Gasteiger partial charge in [0.15, 0.2) is 0 Å². The van der Waals surface area contributed by atoms with Crippen LogP contribution in [0.3, 0.4) is 0 Å². The summed E-state index contributed by atoms with van der Waals surface area (Å²) in [5.41, 5.74) is 5.29. The summed E-state index contributed by atoms with van der Waals surface area (Å²) in [6.07, 6.45) is 0.835. The minimum atomic E-state index is -0.305. The number of carbonyl (C=O) groups excluding carboxylic acids is 2. The number of hydrogen-bond donors (Lipinski definition) is 0. The molecule has 2 aliphatic heterocycles. The lowest BCUT2D eigenvalue weighted by molar-refractivity contribution is -0.120. The van der Waals surface area contributed by atoms with Crippen molar-refractivity contribution in [2.45, 2.75) is 13.3 Å².